The molecule has 1 unspecified atom stereocenters. The van der Waals surface area contributed by atoms with Crippen molar-refractivity contribution in [1.82, 2.24) is 0 Å². The summed E-state index contributed by atoms with van der Waals surface area (Å²) in [5.41, 5.74) is 8.80. The Morgan fingerprint density at radius 2 is 1.83 bits per heavy atom. The lowest BCUT2D eigenvalue weighted by Crippen LogP contribution is -2.32. The van der Waals surface area contributed by atoms with Crippen LogP contribution in [0.1, 0.15) is 44.5 Å². The largest absolute Gasteiger partial charge is 0.493 e. The second kappa shape index (κ2) is 9.30. The van der Waals surface area contributed by atoms with E-state index in [1.54, 1.807) is 24.3 Å². The van der Waals surface area contributed by atoms with Gasteiger partial charge in [-0.05, 0) is 41.6 Å². The zero-order chi connectivity index (χ0) is 18.1. The Labute approximate surface area is 143 Å². The maximum Gasteiger partial charge on any atom is 0.150 e. The third-order valence-electron chi connectivity index (χ3n) is 3.96. The number of ether oxygens (including phenoxy) is 2. The quantitative estimate of drug-likeness (QED) is 0.256. The molecule has 1 aromatic carbocycles. The molecule has 132 valence electrons. The lowest BCUT2D eigenvalue weighted by molar-refractivity contribution is -0.00488. The van der Waals surface area contributed by atoms with Gasteiger partial charge < -0.3 is 9.47 Å². The van der Waals surface area contributed by atoms with Crippen LogP contribution < -0.4 is 4.74 Å². The third kappa shape index (κ3) is 7.02. The molecule has 24 heavy (non-hydrogen) atoms. The lowest BCUT2D eigenvalue weighted by atomic mass is 9.88. The standard InChI is InChI=1S/C18H27N3O3/c1-5-18(4,11-20-21-19)14-23-12-17(2,3)13-24-16-8-6-15(10-22)7-9-16/h6-10H,5,11-14H2,1-4H3. The van der Waals surface area contributed by atoms with E-state index in [2.05, 4.69) is 37.7 Å². The number of carbonyl (C=O) groups is 1. The van der Waals surface area contributed by atoms with Gasteiger partial charge in [0, 0.05) is 22.4 Å². The van der Waals surface area contributed by atoms with E-state index in [0.29, 0.717) is 31.9 Å². The molecule has 1 rings (SSSR count). The maximum atomic E-state index is 10.6. The van der Waals surface area contributed by atoms with Crippen LogP contribution in [0.5, 0.6) is 5.75 Å². The van der Waals surface area contributed by atoms with Gasteiger partial charge in [-0.3, -0.25) is 4.79 Å². The van der Waals surface area contributed by atoms with E-state index in [1.807, 2.05) is 0 Å². The first-order valence-corrected chi connectivity index (χ1v) is 8.11. The molecular weight excluding hydrogens is 306 g/mol. The normalized spacial score (nSPS) is 13.7. The van der Waals surface area contributed by atoms with Crippen LogP contribution >= 0.6 is 0 Å². The average Bonchev–Trinajstić information content (AvgIpc) is 2.58. The van der Waals surface area contributed by atoms with Crippen molar-refractivity contribution in [2.45, 2.75) is 34.1 Å². The van der Waals surface area contributed by atoms with Crippen molar-refractivity contribution in [2.24, 2.45) is 15.9 Å². The second-order valence-corrected chi connectivity index (χ2v) is 7.19. The number of nitrogens with zero attached hydrogens (tertiary/aromatic N) is 3. The summed E-state index contributed by atoms with van der Waals surface area (Å²) in [6, 6.07) is 7.03. The average molecular weight is 333 g/mol. The Bertz CT molecular complexity index is 565. The topological polar surface area (TPSA) is 84.3 Å². The van der Waals surface area contributed by atoms with Gasteiger partial charge in [-0.2, -0.15) is 0 Å². The molecule has 6 heteroatoms. The molecule has 0 aliphatic carbocycles. The summed E-state index contributed by atoms with van der Waals surface area (Å²) in [7, 11) is 0. The van der Waals surface area contributed by atoms with Gasteiger partial charge in [0.25, 0.3) is 0 Å². The molecule has 0 fully saturated rings. The van der Waals surface area contributed by atoms with Gasteiger partial charge in [0.2, 0.25) is 0 Å². The van der Waals surface area contributed by atoms with Gasteiger partial charge in [-0.1, -0.05) is 32.8 Å². The zero-order valence-corrected chi connectivity index (χ0v) is 15.0. The van der Waals surface area contributed by atoms with E-state index in [-0.39, 0.29) is 10.8 Å². The molecule has 0 aliphatic heterocycles. The van der Waals surface area contributed by atoms with E-state index in [0.717, 1.165) is 18.5 Å². The summed E-state index contributed by atoms with van der Waals surface area (Å²) in [5.74, 6) is 0.732. The highest BCUT2D eigenvalue weighted by Gasteiger charge is 2.25. The van der Waals surface area contributed by atoms with Crippen molar-refractivity contribution in [3.63, 3.8) is 0 Å². The smallest absolute Gasteiger partial charge is 0.150 e. The van der Waals surface area contributed by atoms with Gasteiger partial charge in [0.05, 0.1) is 19.8 Å². The molecule has 0 spiro atoms. The van der Waals surface area contributed by atoms with Crippen LogP contribution in [0, 0.1) is 10.8 Å². The lowest BCUT2D eigenvalue weighted by Gasteiger charge is -2.30. The summed E-state index contributed by atoms with van der Waals surface area (Å²) in [6.45, 7) is 10.3. The van der Waals surface area contributed by atoms with Crippen molar-refractivity contribution in [3.05, 3.63) is 40.3 Å². The fourth-order valence-electron chi connectivity index (χ4n) is 2.00. The Morgan fingerprint density at radius 1 is 1.17 bits per heavy atom. The molecular formula is C18H27N3O3. The first-order valence-electron chi connectivity index (χ1n) is 8.11. The van der Waals surface area contributed by atoms with E-state index >= 15 is 0 Å². The van der Waals surface area contributed by atoms with Crippen molar-refractivity contribution in [3.8, 4) is 5.75 Å². The van der Waals surface area contributed by atoms with E-state index in [9.17, 15) is 4.79 Å². The van der Waals surface area contributed by atoms with Gasteiger partial charge >= 0.3 is 0 Å². The molecule has 0 radical (unpaired) electrons. The number of rotatable bonds is 11. The van der Waals surface area contributed by atoms with Crippen molar-refractivity contribution >= 4 is 6.29 Å². The fourth-order valence-corrected chi connectivity index (χ4v) is 2.00. The van der Waals surface area contributed by atoms with Gasteiger partial charge in [0.15, 0.2) is 0 Å². The highest BCUT2D eigenvalue weighted by Crippen LogP contribution is 2.25. The van der Waals surface area contributed by atoms with Gasteiger partial charge in [-0.25, -0.2) is 0 Å². The minimum Gasteiger partial charge on any atom is -0.493 e. The molecule has 0 N–H and O–H groups in total. The summed E-state index contributed by atoms with van der Waals surface area (Å²) < 4.78 is 11.6. The Balaban J connectivity index is 2.44. The van der Waals surface area contributed by atoms with Crippen molar-refractivity contribution < 1.29 is 14.3 Å². The fraction of sp³-hybridized carbons (Fsp3) is 0.611. The van der Waals surface area contributed by atoms with Crippen LogP contribution in [0.15, 0.2) is 29.4 Å². The minimum absolute atomic E-state index is 0.145. The number of aldehydes is 1. The van der Waals surface area contributed by atoms with E-state index in [4.69, 9.17) is 15.0 Å². The van der Waals surface area contributed by atoms with E-state index in [1.165, 1.54) is 0 Å². The number of hydrogen-bond acceptors (Lipinski definition) is 4. The predicted molar refractivity (Wildman–Crippen MR) is 94.3 cm³/mol. The molecule has 6 nitrogen and oxygen atoms in total. The molecule has 0 heterocycles. The molecule has 1 atom stereocenters. The van der Waals surface area contributed by atoms with Crippen molar-refractivity contribution in [2.75, 3.05) is 26.4 Å². The summed E-state index contributed by atoms with van der Waals surface area (Å²) in [6.07, 6.45) is 1.69. The number of benzene rings is 1. The van der Waals surface area contributed by atoms with E-state index < -0.39 is 0 Å². The van der Waals surface area contributed by atoms with Gasteiger partial charge in [-0.15, -0.1) is 0 Å². The zero-order valence-electron chi connectivity index (χ0n) is 15.0. The molecule has 0 aromatic heterocycles. The van der Waals surface area contributed by atoms with Crippen LogP contribution in [0.3, 0.4) is 0 Å². The molecule has 0 saturated heterocycles. The molecule has 0 aliphatic rings. The summed E-state index contributed by atoms with van der Waals surface area (Å²) in [4.78, 5) is 13.5. The minimum atomic E-state index is -0.156. The van der Waals surface area contributed by atoms with Gasteiger partial charge in [0.1, 0.15) is 12.0 Å². The van der Waals surface area contributed by atoms with Crippen LogP contribution in [-0.2, 0) is 4.74 Å². The summed E-state index contributed by atoms with van der Waals surface area (Å²) in [5, 5.41) is 3.67. The highest BCUT2D eigenvalue weighted by molar-refractivity contribution is 5.74. The van der Waals surface area contributed by atoms with Crippen LogP contribution in [0.25, 0.3) is 10.4 Å². The SMILES string of the molecule is CCC(C)(CN=[N+]=[N-])COCC(C)(C)COc1ccc(C=O)cc1. The summed E-state index contributed by atoms with van der Waals surface area (Å²) >= 11 is 0. The number of hydrogen-bond donors (Lipinski definition) is 0. The number of carbonyl (C=O) groups excluding carboxylic acids is 1. The first-order chi connectivity index (χ1) is 11.3. The maximum absolute atomic E-state index is 10.6. The molecule has 0 saturated carbocycles. The third-order valence-corrected chi connectivity index (χ3v) is 3.96. The first kappa shape index (κ1) is 20.0. The number of azide groups is 1. The predicted octanol–water partition coefficient (Wildman–Crippen LogP) is 4.65. The monoisotopic (exact) mass is 333 g/mol. The van der Waals surface area contributed by atoms with Crippen LogP contribution in [0.4, 0.5) is 0 Å². The second-order valence-electron chi connectivity index (χ2n) is 7.19. The highest BCUT2D eigenvalue weighted by atomic mass is 16.5. The van der Waals surface area contributed by atoms with Crippen molar-refractivity contribution in [1.29, 1.82) is 0 Å². The Morgan fingerprint density at radius 3 is 2.38 bits per heavy atom. The van der Waals surface area contributed by atoms with Crippen LogP contribution in [0.2, 0.25) is 0 Å². The molecule has 0 amide bonds. The Kier molecular flexibility index (Phi) is 7.75. The molecule has 0 bridgehead atoms. The Hall–Kier alpha value is -2.04. The van der Waals surface area contributed by atoms with Crippen LogP contribution in [-0.4, -0.2) is 32.7 Å². The molecule has 1 aromatic rings.